The minimum atomic E-state index is 0.858. The highest BCUT2D eigenvalue weighted by molar-refractivity contribution is 7.23. The Balaban J connectivity index is 2.48. The van der Waals surface area contributed by atoms with Gasteiger partial charge < -0.3 is 4.42 Å². The van der Waals surface area contributed by atoms with Crippen molar-refractivity contribution in [2.45, 2.75) is 6.92 Å². The Kier molecular flexibility index (Phi) is 1.77. The normalized spacial score (nSPS) is 10.4. The zero-order chi connectivity index (χ0) is 8.55. The molecule has 0 saturated carbocycles. The lowest BCUT2D eigenvalue weighted by atomic mass is 10.0. The standard InChI is InChI=1S/C8H8BNOS/c1-5-2-7(12-8(5)9)6-3-10-4-11-6/h2-4H,9H2,1H3. The smallest absolute Gasteiger partial charge is 0.181 e. The van der Waals surface area contributed by atoms with E-state index in [0.29, 0.717) is 0 Å². The molecule has 0 bridgehead atoms. The molecule has 0 unspecified atom stereocenters. The van der Waals surface area contributed by atoms with Crippen LogP contribution in [0.25, 0.3) is 10.6 Å². The summed E-state index contributed by atoms with van der Waals surface area (Å²) < 4.78 is 6.52. The van der Waals surface area contributed by atoms with Crippen LogP contribution in [-0.2, 0) is 0 Å². The number of hydrogen-bond acceptors (Lipinski definition) is 3. The van der Waals surface area contributed by atoms with Gasteiger partial charge in [0, 0.05) is 0 Å². The molecule has 60 valence electrons. The SMILES string of the molecule is Bc1sc(-c2cnco2)cc1C. The molecule has 0 N–H and O–H groups in total. The van der Waals surface area contributed by atoms with Crippen LogP contribution in [0, 0.1) is 6.92 Å². The summed E-state index contributed by atoms with van der Waals surface area (Å²) in [6.45, 7) is 2.10. The van der Waals surface area contributed by atoms with Crippen LogP contribution in [0.1, 0.15) is 5.56 Å². The van der Waals surface area contributed by atoms with Gasteiger partial charge in [0.05, 0.1) is 11.1 Å². The first kappa shape index (κ1) is 7.62. The lowest BCUT2D eigenvalue weighted by Gasteiger charge is -1.84. The van der Waals surface area contributed by atoms with Crippen molar-refractivity contribution in [1.29, 1.82) is 0 Å². The third kappa shape index (κ3) is 1.18. The summed E-state index contributed by atoms with van der Waals surface area (Å²) in [7, 11) is 2.11. The predicted molar refractivity (Wildman–Crippen MR) is 52.7 cm³/mol. The molecule has 0 radical (unpaired) electrons. The number of aryl methyl sites for hydroxylation is 1. The maximum atomic E-state index is 5.19. The van der Waals surface area contributed by atoms with E-state index in [2.05, 4.69) is 25.8 Å². The zero-order valence-electron chi connectivity index (χ0n) is 7.00. The van der Waals surface area contributed by atoms with Gasteiger partial charge in [0.1, 0.15) is 0 Å². The van der Waals surface area contributed by atoms with Crippen molar-refractivity contribution in [3.05, 3.63) is 24.2 Å². The van der Waals surface area contributed by atoms with Crippen LogP contribution in [0.15, 0.2) is 23.1 Å². The Labute approximate surface area is 75.7 Å². The van der Waals surface area contributed by atoms with Crippen molar-refractivity contribution < 1.29 is 4.42 Å². The Morgan fingerprint density at radius 1 is 1.58 bits per heavy atom. The fourth-order valence-corrected chi connectivity index (χ4v) is 2.02. The summed E-state index contributed by atoms with van der Waals surface area (Å²) >= 11 is 1.74. The van der Waals surface area contributed by atoms with Gasteiger partial charge in [0.25, 0.3) is 0 Å². The molecule has 0 spiro atoms. The first-order valence-corrected chi connectivity index (χ1v) is 4.55. The fraction of sp³-hybridized carbons (Fsp3) is 0.125. The van der Waals surface area contributed by atoms with E-state index >= 15 is 0 Å². The van der Waals surface area contributed by atoms with Crippen molar-refractivity contribution in [2.75, 3.05) is 0 Å². The summed E-state index contributed by atoms with van der Waals surface area (Å²) in [5.41, 5.74) is 1.31. The summed E-state index contributed by atoms with van der Waals surface area (Å²) in [6.07, 6.45) is 3.20. The van der Waals surface area contributed by atoms with Crippen LogP contribution in [-0.4, -0.2) is 12.8 Å². The van der Waals surface area contributed by atoms with Gasteiger partial charge in [-0.05, 0) is 23.3 Å². The molecule has 4 heteroatoms. The monoisotopic (exact) mass is 177 g/mol. The van der Waals surface area contributed by atoms with Crippen LogP contribution >= 0.6 is 11.3 Å². The quantitative estimate of drug-likeness (QED) is 0.606. The number of aromatic nitrogens is 1. The Morgan fingerprint density at radius 2 is 2.42 bits per heavy atom. The molecule has 12 heavy (non-hydrogen) atoms. The maximum absolute atomic E-state index is 5.19. The van der Waals surface area contributed by atoms with E-state index in [1.165, 1.54) is 16.7 Å². The highest BCUT2D eigenvalue weighted by atomic mass is 32.1. The molecule has 2 aromatic heterocycles. The molecule has 0 aliphatic rings. The van der Waals surface area contributed by atoms with Crippen LogP contribution in [0.5, 0.6) is 0 Å². The number of oxazole rings is 1. The highest BCUT2D eigenvalue weighted by Crippen LogP contribution is 2.24. The Hall–Kier alpha value is -1.03. The van der Waals surface area contributed by atoms with E-state index in [1.807, 2.05) is 0 Å². The van der Waals surface area contributed by atoms with Gasteiger partial charge in [-0.2, -0.15) is 0 Å². The minimum Gasteiger partial charge on any atom is -0.443 e. The molecule has 0 aromatic carbocycles. The van der Waals surface area contributed by atoms with Gasteiger partial charge in [-0.25, -0.2) is 4.98 Å². The number of rotatable bonds is 1. The van der Waals surface area contributed by atoms with E-state index in [1.54, 1.807) is 17.5 Å². The molecule has 0 amide bonds. The molecular formula is C8H8BNOS. The molecule has 2 nitrogen and oxygen atoms in total. The number of thiophene rings is 1. The molecule has 2 aromatic rings. The molecule has 2 heterocycles. The van der Waals surface area contributed by atoms with E-state index in [4.69, 9.17) is 4.42 Å². The molecule has 0 aliphatic heterocycles. The highest BCUT2D eigenvalue weighted by Gasteiger charge is 2.05. The van der Waals surface area contributed by atoms with Crippen LogP contribution in [0.4, 0.5) is 0 Å². The minimum absolute atomic E-state index is 0.858. The van der Waals surface area contributed by atoms with Crippen molar-refractivity contribution >= 4 is 24.0 Å². The average molecular weight is 177 g/mol. The molecule has 2 rings (SSSR count). The summed E-state index contributed by atoms with van der Waals surface area (Å²) in [4.78, 5) is 5.03. The van der Waals surface area contributed by atoms with Gasteiger partial charge in [-0.3, -0.25) is 0 Å². The number of hydrogen-bond donors (Lipinski definition) is 0. The van der Waals surface area contributed by atoms with Gasteiger partial charge in [0.2, 0.25) is 0 Å². The van der Waals surface area contributed by atoms with Gasteiger partial charge in [0.15, 0.2) is 20.0 Å². The van der Waals surface area contributed by atoms with Crippen molar-refractivity contribution in [2.24, 2.45) is 0 Å². The van der Waals surface area contributed by atoms with Gasteiger partial charge in [-0.15, -0.1) is 11.3 Å². The topological polar surface area (TPSA) is 26.0 Å². The summed E-state index contributed by atoms with van der Waals surface area (Å²) in [5, 5.41) is 0. The van der Waals surface area contributed by atoms with E-state index in [0.717, 1.165) is 10.6 Å². The zero-order valence-corrected chi connectivity index (χ0v) is 7.81. The van der Waals surface area contributed by atoms with Crippen LogP contribution in [0.3, 0.4) is 0 Å². The van der Waals surface area contributed by atoms with E-state index in [-0.39, 0.29) is 0 Å². The average Bonchev–Trinajstić information content (AvgIpc) is 2.61. The largest absolute Gasteiger partial charge is 0.443 e. The van der Waals surface area contributed by atoms with Crippen LogP contribution < -0.4 is 4.78 Å². The fourth-order valence-electron chi connectivity index (χ4n) is 1.03. The first-order chi connectivity index (χ1) is 5.77. The third-order valence-corrected chi connectivity index (χ3v) is 3.01. The Morgan fingerprint density at radius 3 is 2.92 bits per heavy atom. The second kappa shape index (κ2) is 2.79. The van der Waals surface area contributed by atoms with Crippen molar-refractivity contribution in [3.63, 3.8) is 0 Å². The second-order valence-electron chi connectivity index (χ2n) is 2.72. The van der Waals surface area contributed by atoms with Crippen LogP contribution in [0.2, 0.25) is 0 Å². The molecule has 0 saturated heterocycles. The van der Waals surface area contributed by atoms with Crippen molar-refractivity contribution in [1.82, 2.24) is 4.98 Å². The van der Waals surface area contributed by atoms with Crippen molar-refractivity contribution in [3.8, 4) is 10.6 Å². The molecule has 0 fully saturated rings. The number of nitrogens with zero attached hydrogens (tertiary/aromatic N) is 1. The van der Waals surface area contributed by atoms with Gasteiger partial charge >= 0.3 is 0 Å². The first-order valence-electron chi connectivity index (χ1n) is 3.73. The maximum Gasteiger partial charge on any atom is 0.181 e. The summed E-state index contributed by atoms with van der Waals surface area (Å²) in [6, 6.07) is 2.13. The van der Waals surface area contributed by atoms with E-state index < -0.39 is 0 Å². The Bertz CT molecular complexity index is 360. The predicted octanol–water partition coefficient (Wildman–Crippen LogP) is 0.970. The lowest BCUT2D eigenvalue weighted by Crippen LogP contribution is -1.96. The van der Waals surface area contributed by atoms with Gasteiger partial charge in [-0.1, -0.05) is 0 Å². The third-order valence-electron chi connectivity index (χ3n) is 1.84. The molecule has 0 aliphatic carbocycles. The summed E-state index contributed by atoms with van der Waals surface area (Å²) in [5.74, 6) is 0.858. The molecule has 0 atom stereocenters. The van der Waals surface area contributed by atoms with E-state index in [9.17, 15) is 0 Å². The lowest BCUT2D eigenvalue weighted by molar-refractivity contribution is 0.573. The molecular weight excluding hydrogens is 169 g/mol. The second-order valence-corrected chi connectivity index (χ2v) is 3.97.